The van der Waals surface area contributed by atoms with E-state index in [-0.39, 0.29) is 55.9 Å². The van der Waals surface area contributed by atoms with Crippen molar-refractivity contribution in [1.29, 1.82) is 0 Å². The highest BCUT2D eigenvalue weighted by molar-refractivity contribution is 8.76. The summed E-state index contributed by atoms with van der Waals surface area (Å²) >= 11 is 0. The Labute approximate surface area is 477 Å². The Morgan fingerprint density at radius 3 is 2.00 bits per heavy atom. The number of amides is 8. The van der Waals surface area contributed by atoms with Crippen LogP contribution in [0.5, 0.6) is 5.75 Å². The summed E-state index contributed by atoms with van der Waals surface area (Å²) in [7, 11) is 2.13. The number of rotatable bonds is 18. The third kappa shape index (κ3) is 17.5. The number of nitrogens with two attached hydrogens (primary N) is 3. The molecule has 7 rings (SSSR count). The normalized spacial score (nSPS) is 20.7. The number of H-pyrrole nitrogens is 1. The number of aromatic hydroxyl groups is 1. The van der Waals surface area contributed by atoms with Crippen molar-refractivity contribution in [3.8, 4) is 5.75 Å². The number of nitrogens with one attached hydrogen (secondary N) is 8. The number of benzene rings is 5. The maximum Gasteiger partial charge on any atom is 0.244 e. The van der Waals surface area contributed by atoms with E-state index in [2.05, 4.69) is 42.2 Å². The van der Waals surface area contributed by atoms with Gasteiger partial charge in [0.1, 0.15) is 48.0 Å². The quantitative estimate of drug-likeness (QED) is 0.0436. The summed E-state index contributed by atoms with van der Waals surface area (Å²) in [6.45, 7) is 3.68. The van der Waals surface area contributed by atoms with Gasteiger partial charge in [0.25, 0.3) is 0 Å². The molecule has 0 saturated carbocycles. The minimum atomic E-state index is -1.40. The number of fused-ring (bicyclic) bond motifs is 2. The molecule has 0 aliphatic carbocycles. The van der Waals surface area contributed by atoms with Crippen molar-refractivity contribution in [2.75, 3.05) is 18.1 Å². The van der Waals surface area contributed by atoms with Gasteiger partial charge in [0.05, 0.1) is 6.04 Å². The van der Waals surface area contributed by atoms with Crippen molar-refractivity contribution < 1.29 is 43.5 Å². The monoisotopic (exact) mass is 1140 g/mol. The number of aromatic amines is 1. The summed E-state index contributed by atoms with van der Waals surface area (Å²) in [6.07, 6.45) is 2.61. The lowest BCUT2D eigenvalue weighted by atomic mass is 9.99. The summed E-state index contributed by atoms with van der Waals surface area (Å²) in [6, 6.07) is 25.3. The molecule has 22 heteroatoms. The molecule has 20 nitrogen and oxygen atoms in total. The number of unbranched alkanes of at least 4 members (excludes halogenated alkanes) is 1. The van der Waals surface area contributed by atoms with Crippen molar-refractivity contribution in [1.82, 2.24) is 42.2 Å². The predicted molar refractivity (Wildman–Crippen MR) is 315 cm³/mol. The molecule has 5 aromatic carbocycles. The molecule has 6 aromatic rings. The number of aromatic nitrogens is 1. The average Bonchev–Trinajstić information content (AvgIpc) is 3.86. The smallest absolute Gasteiger partial charge is 0.244 e. The van der Waals surface area contributed by atoms with E-state index in [1.807, 2.05) is 84.9 Å². The number of hydrogen-bond donors (Lipinski definition) is 12. The zero-order chi connectivity index (χ0) is 58.0. The van der Waals surface area contributed by atoms with E-state index in [1.54, 1.807) is 44.3 Å². The van der Waals surface area contributed by atoms with Crippen LogP contribution in [0.25, 0.3) is 21.7 Å². The minimum Gasteiger partial charge on any atom is -0.508 e. The van der Waals surface area contributed by atoms with Crippen LogP contribution in [0.2, 0.25) is 0 Å². The van der Waals surface area contributed by atoms with Crippen LogP contribution in [-0.4, -0.2) is 124 Å². The minimum absolute atomic E-state index is 0.0215. The second-order valence-electron chi connectivity index (χ2n) is 20.5. The predicted octanol–water partition coefficient (Wildman–Crippen LogP) is 2.68. The molecule has 428 valence electrons. The molecule has 1 aliphatic heterocycles. The summed E-state index contributed by atoms with van der Waals surface area (Å²) in [5.41, 5.74) is 21.6. The molecule has 2 heterocycles. The number of carbonyl (C=O) groups excluding carboxylic acids is 8. The number of primary amides is 1. The molecular weight excluding hydrogens is 1070 g/mol. The first-order valence-electron chi connectivity index (χ1n) is 26.9. The molecule has 0 bridgehead atoms. The van der Waals surface area contributed by atoms with Crippen LogP contribution >= 0.6 is 21.6 Å². The SMILES string of the molecule is CC(C)[C@@H]1NC(=O)[C@H](CCCCN)NC(=O)[C@@H](Cc2c[nH]c3ccccc23)NC(=O)[C@H](Cc2ccc(O)cc2)NC(=O)[C@@H](NC(=O)[C@H](N)Cc2ccccc2)CSSC[C@@H](C(=O)N[C@@H](Cc2ccc3ccccc3c2)C(N)=O)NC1=O. The lowest BCUT2D eigenvalue weighted by Gasteiger charge is -2.29. The maximum absolute atomic E-state index is 14.9. The Balaban J connectivity index is 1.25. The first-order valence-corrected chi connectivity index (χ1v) is 29.4. The molecule has 81 heavy (non-hydrogen) atoms. The topological polar surface area (TPSA) is 335 Å². The fourth-order valence-corrected chi connectivity index (χ4v) is 11.7. The molecule has 1 saturated heterocycles. The highest BCUT2D eigenvalue weighted by atomic mass is 33.1. The summed E-state index contributed by atoms with van der Waals surface area (Å²) in [5, 5.41) is 32.4. The summed E-state index contributed by atoms with van der Waals surface area (Å²) in [5.74, 6) is -7.04. The molecule has 8 amide bonds. The molecule has 1 aliphatic rings. The van der Waals surface area contributed by atoms with Crippen molar-refractivity contribution in [3.63, 3.8) is 0 Å². The van der Waals surface area contributed by atoms with Gasteiger partial charge in [-0.05, 0) is 89.4 Å². The molecule has 1 aromatic heterocycles. The number of para-hydroxylation sites is 1. The van der Waals surface area contributed by atoms with Gasteiger partial charge in [0, 0.05) is 47.9 Å². The van der Waals surface area contributed by atoms with Crippen LogP contribution in [0, 0.1) is 5.92 Å². The van der Waals surface area contributed by atoms with Gasteiger partial charge in [-0.1, -0.05) is 139 Å². The average molecular weight is 1140 g/mol. The third-order valence-corrected chi connectivity index (χ3v) is 16.4. The van der Waals surface area contributed by atoms with E-state index in [0.717, 1.165) is 48.8 Å². The van der Waals surface area contributed by atoms with Gasteiger partial charge in [-0.3, -0.25) is 38.4 Å². The lowest BCUT2D eigenvalue weighted by Crippen LogP contribution is -2.61. The first kappa shape index (κ1) is 60.7. The molecule has 0 radical (unpaired) electrons. The van der Waals surface area contributed by atoms with Crippen LogP contribution in [-0.2, 0) is 64.0 Å². The summed E-state index contributed by atoms with van der Waals surface area (Å²) < 4.78 is 0. The molecule has 0 spiro atoms. The van der Waals surface area contributed by atoms with Gasteiger partial charge in [-0.2, -0.15) is 0 Å². The maximum atomic E-state index is 14.9. The van der Waals surface area contributed by atoms with Crippen molar-refractivity contribution in [2.45, 2.75) is 107 Å². The Morgan fingerprint density at radius 2 is 1.28 bits per heavy atom. The zero-order valence-electron chi connectivity index (χ0n) is 45.2. The Hall–Kier alpha value is -7.92. The van der Waals surface area contributed by atoms with Crippen LogP contribution < -0.4 is 54.4 Å². The van der Waals surface area contributed by atoms with Gasteiger partial charge >= 0.3 is 0 Å². The Kier molecular flexibility index (Phi) is 22.1. The molecular formula is C59H71N11O9S2. The van der Waals surface area contributed by atoms with E-state index >= 15 is 0 Å². The van der Waals surface area contributed by atoms with Crippen molar-refractivity contribution in [2.24, 2.45) is 23.1 Å². The van der Waals surface area contributed by atoms with E-state index in [9.17, 15) is 43.5 Å². The third-order valence-electron chi connectivity index (χ3n) is 13.9. The molecule has 1 fully saturated rings. The van der Waals surface area contributed by atoms with Crippen LogP contribution in [0.3, 0.4) is 0 Å². The van der Waals surface area contributed by atoms with Gasteiger partial charge in [0.2, 0.25) is 47.3 Å². The van der Waals surface area contributed by atoms with Crippen molar-refractivity contribution >= 4 is 90.5 Å². The number of hydrogen-bond acceptors (Lipinski definition) is 13. The van der Waals surface area contributed by atoms with E-state index in [0.29, 0.717) is 29.5 Å². The van der Waals surface area contributed by atoms with Gasteiger partial charge in [-0.15, -0.1) is 0 Å². The standard InChI is InChI=1S/C59H71N11O9S2/c1-34(2)51-59(79)69-50(57(77)65-46(52(62)72)29-37-19-22-38-14-6-7-15-39(38)26-37)33-81-80-32-49(68-53(73)43(61)27-35-12-4-3-5-13-35)58(78)66-47(28-36-20-23-41(71)24-21-36)55(75)67-48(30-40-31-63-44-17-9-8-16-42(40)44)56(76)64-45(54(74)70-51)18-10-11-25-60/h3-9,12-17,19-24,26,31,34,43,45-51,63,71H,10-11,18,25,27-30,32-33,60-61H2,1-2H3,(H2,62,72)(H,64,76)(H,65,77)(H,66,78)(H,67,75)(H,68,73)(H,69,79)(H,70,74)/t43-,45+,46+,47+,48-,49+,50+,51+/m1/s1. The number of carbonyl (C=O) groups is 8. The van der Waals surface area contributed by atoms with Crippen LogP contribution in [0.15, 0.2) is 128 Å². The zero-order valence-corrected chi connectivity index (χ0v) is 46.8. The molecule has 0 unspecified atom stereocenters. The number of phenols is 1. The highest BCUT2D eigenvalue weighted by Gasteiger charge is 2.36. The molecule has 15 N–H and O–H groups in total. The van der Waals surface area contributed by atoms with Crippen LogP contribution in [0.1, 0.15) is 55.4 Å². The summed E-state index contributed by atoms with van der Waals surface area (Å²) in [4.78, 5) is 118. The van der Waals surface area contributed by atoms with Gasteiger partial charge in [0.15, 0.2) is 0 Å². The highest BCUT2D eigenvalue weighted by Crippen LogP contribution is 2.25. The second-order valence-corrected chi connectivity index (χ2v) is 23.0. The lowest BCUT2D eigenvalue weighted by molar-refractivity contribution is -0.136. The molecule has 8 atom stereocenters. The van der Waals surface area contributed by atoms with Crippen molar-refractivity contribution in [3.05, 3.63) is 150 Å². The number of phenolic OH excluding ortho intramolecular Hbond substituents is 1. The van der Waals surface area contributed by atoms with Gasteiger partial charge < -0.3 is 64.5 Å². The Morgan fingerprint density at radius 1 is 0.654 bits per heavy atom. The van der Waals surface area contributed by atoms with E-state index in [4.69, 9.17) is 17.2 Å². The largest absolute Gasteiger partial charge is 0.508 e. The fourth-order valence-electron chi connectivity index (χ4n) is 9.37. The second kappa shape index (κ2) is 29.5. The first-order chi connectivity index (χ1) is 39.0. The van der Waals surface area contributed by atoms with E-state index < -0.39 is 102 Å². The van der Waals surface area contributed by atoms with Gasteiger partial charge in [-0.25, -0.2) is 0 Å². The Bertz CT molecular complexity index is 3160. The fraction of sp³-hybridized carbons (Fsp3) is 0.356. The van der Waals surface area contributed by atoms with E-state index in [1.165, 1.54) is 12.1 Å². The van der Waals surface area contributed by atoms with Crippen LogP contribution in [0.4, 0.5) is 0 Å².